The van der Waals surface area contributed by atoms with Crippen molar-refractivity contribution < 1.29 is 18.3 Å². The Kier molecular flexibility index (Phi) is 7.01. The van der Waals surface area contributed by atoms with Crippen LogP contribution in [0.15, 0.2) is 84.2 Å². The number of carboxylic acid groups (broad SMARTS) is 1. The Hall–Kier alpha value is -4.23. The lowest BCUT2D eigenvalue weighted by Crippen LogP contribution is -2.43. The Balaban J connectivity index is 1.63. The predicted octanol–water partition coefficient (Wildman–Crippen LogP) is 7.49. The van der Waals surface area contributed by atoms with Gasteiger partial charge in [0.1, 0.15) is 10.9 Å². The molecule has 2 aromatic heterocycles. The molecule has 0 saturated carbocycles. The molecule has 42 heavy (non-hydrogen) atoms. The minimum atomic E-state index is -3.99. The van der Waals surface area contributed by atoms with E-state index in [0.717, 1.165) is 29.4 Å². The lowest BCUT2D eigenvalue weighted by molar-refractivity contribution is 0.0697. The van der Waals surface area contributed by atoms with Gasteiger partial charge >= 0.3 is 16.2 Å². The largest absolute Gasteiger partial charge is 0.478 e. The smallest absolute Gasteiger partial charge is 0.335 e. The number of para-hydroxylation sites is 1. The Morgan fingerprint density at radius 3 is 2.31 bits per heavy atom. The molecule has 1 N–H and O–H groups in total. The van der Waals surface area contributed by atoms with E-state index in [1.165, 1.54) is 15.3 Å². The van der Waals surface area contributed by atoms with Gasteiger partial charge in [0.05, 0.1) is 16.8 Å². The van der Waals surface area contributed by atoms with Crippen molar-refractivity contribution >= 4 is 38.4 Å². The van der Waals surface area contributed by atoms with Crippen molar-refractivity contribution in [2.45, 2.75) is 26.7 Å². The average Bonchev–Trinajstić information content (AvgIpc) is 3.59. The SMILES string of the molecule is CC1(C)CCN(S(=O)(=O)n2c(-c3cccc(-c4ccc(C(=O)O)cc4)c3)c(-c3ccsc3C#N)c3ccccc32)CC1. The van der Waals surface area contributed by atoms with Crippen LogP contribution in [0.4, 0.5) is 0 Å². The van der Waals surface area contributed by atoms with Gasteiger partial charge in [-0.25, -0.2) is 8.77 Å². The Labute approximate surface area is 249 Å². The van der Waals surface area contributed by atoms with E-state index in [0.29, 0.717) is 45.9 Å². The first-order valence-corrected chi connectivity index (χ1v) is 15.9. The molecule has 1 saturated heterocycles. The third kappa shape index (κ3) is 4.81. The summed E-state index contributed by atoms with van der Waals surface area (Å²) in [5.74, 6) is -1.00. The van der Waals surface area contributed by atoms with Crippen LogP contribution < -0.4 is 0 Å². The molecular weight excluding hydrogens is 567 g/mol. The molecule has 212 valence electrons. The van der Waals surface area contributed by atoms with E-state index in [9.17, 15) is 23.6 Å². The molecule has 0 atom stereocenters. The topological polar surface area (TPSA) is 103 Å². The van der Waals surface area contributed by atoms with E-state index in [-0.39, 0.29) is 11.0 Å². The molecule has 1 aliphatic rings. The van der Waals surface area contributed by atoms with Crippen LogP contribution in [-0.2, 0) is 10.2 Å². The molecule has 3 aromatic carbocycles. The maximum Gasteiger partial charge on any atom is 0.335 e. The molecule has 3 heterocycles. The van der Waals surface area contributed by atoms with Crippen LogP contribution >= 0.6 is 11.3 Å². The number of aromatic carboxylic acids is 1. The molecule has 0 radical (unpaired) electrons. The summed E-state index contributed by atoms with van der Waals surface area (Å²) in [4.78, 5) is 11.9. The fourth-order valence-electron chi connectivity index (χ4n) is 5.67. The minimum absolute atomic E-state index is 0.0711. The number of rotatable bonds is 6. The zero-order valence-electron chi connectivity index (χ0n) is 23.2. The van der Waals surface area contributed by atoms with Crippen LogP contribution in [0.2, 0.25) is 0 Å². The van der Waals surface area contributed by atoms with Crippen LogP contribution in [0.5, 0.6) is 0 Å². The van der Waals surface area contributed by atoms with E-state index < -0.39 is 16.2 Å². The van der Waals surface area contributed by atoms with Crippen molar-refractivity contribution in [2.75, 3.05) is 13.1 Å². The van der Waals surface area contributed by atoms with Crippen LogP contribution in [0.3, 0.4) is 0 Å². The van der Waals surface area contributed by atoms with Gasteiger partial charge in [-0.15, -0.1) is 11.3 Å². The second-order valence-corrected chi connectivity index (χ2v) is 14.0. The highest BCUT2D eigenvalue weighted by Crippen LogP contribution is 2.45. The quantitative estimate of drug-likeness (QED) is 0.219. The standard InChI is InChI=1S/C33H29N3O4S2/c1-33(2)15-17-35(18-16-33)42(39,40)36-28-9-4-3-8-26(28)30(27-14-19-41-29(27)21-34)31(36)25-7-5-6-24(20-25)22-10-12-23(13-11-22)32(37)38/h3-14,19-20H,15-18H2,1-2H3,(H,37,38). The highest BCUT2D eigenvalue weighted by atomic mass is 32.2. The van der Waals surface area contributed by atoms with Crippen molar-refractivity contribution in [3.63, 3.8) is 0 Å². The number of nitriles is 1. The van der Waals surface area contributed by atoms with Crippen LogP contribution in [0, 0.1) is 16.7 Å². The molecule has 0 aliphatic carbocycles. The second kappa shape index (κ2) is 10.6. The van der Waals surface area contributed by atoms with Gasteiger partial charge in [0.15, 0.2) is 0 Å². The van der Waals surface area contributed by atoms with Crippen molar-refractivity contribution in [3.8, 4) is 39.6 Å². The number of carbonyl (C=O) groups is 1. The Morgan fingerprint density at radius 1 is 0.929 bits per heavy atom. The maximum atomic E-state index is 14.6. The molecule has 0 bridgehead atoms. The summed E-state index contributed by atoms with van der Waals surface area (Å²) in [6, 6.07) is 25.8. The lowest BCUT2D eigenvalue weighted by atomic mass is 9.83. The molecule has 9 heteroatoms. The van der Waals surface area contributed by atoms with Gasteiger partial charge in [-0.05, 0) is 65.1 Å². The third-order valence-corrected chi connectivity index (χ3v) is 10.8. The van der Waals surface area contributed by atoms with E-state index in [1.807, 2.05) is 60.0 Å². The number of hydrogen-bond donors (Lipinski definition) is 1. The minimum Gasteiger partial charge on any atom is -0.478 e. The van der Waals surface area contributed by atoms with E-state index in [4.69, 9.17) is 0 Å². The zero-order valence-corrected chi connectivity index (χ0v) is 24.9. The fraction of sp³-hybridized carbons (Fsp3) is 0.212. The van der Waals surface area contributed by atoms with Crippen LogP contribution in [-0.4, -0.2) is 40.9 Å². The second-order valence-electron chi connectivity index (χ2n) is 11.3. The van der Waals surface area contributed by atoms with Gasteiger partial charge in [0, 0.05) is 35.2 Å². The number of piperidine rings is 1. The summed E-state index contributed by atoms with van der Waals surface area (Å²) in [5, 5.41) is 21.9. The first-order valence-electron chi connectivity index (χ1n) is 13.7. The highest BCUT2D eigenvalue weighted by Gasteiger charge is 2.36. The first-order chi connectivity index (χ1) is 20.1. The number of benzene rings is 3. The first kappa shape index (κ1) is 27.9. The normalized spacial score (nSPS) is 15.5. The average molecular weight is 596 g/mol. The number of thiophene rings is 1. The summed E-state index contributed by atoms with van der Waals surface area (Å²) in [6.07, 6.45) is 1.52. The number of nitrogens with zero attached hydrogens (tertiary/aromatic N) is 3. The third-order valence-electron chi connectivity index (χ3n) is 8.10. The number of carboxylic acids is 1. The summed E-state index contributed by atoms with van der Waals surface area (Å²) < 4.78 is 32.2. The molecule has 1 fully saturated rings. The fourth-order valence-corrected chi connectivity index (χ4v) is 8.07. The molecule has 0 spiro atoms. The van der Waals surface area contributed by atoms with Gasteiger partial charge in [-0.2, -0.15) is 18.0 Å². The van der Waals surface area contributed by atoms with Crippen molar-refractivity contribution in [2.24, 2.45) is 5.41 Å². The van der Waals surface area contributed by atoms with Gasteiger partial charge < -0.3 is 5.11 Å². The Bertz CT molecular complexity index is 1970. The monoisotopic (exact) mass is 595 g/mol. The van der Waals surface area contributed by atoms with Crippen LogP contribution in [0.1, 0.15) is 41.9 Å². The molecular formula is C33H29N3O4S2. The molecule has 6 rings (SSSR count). The number of hydrogen-bond acceptors (Lipinski definition) is 5. The van der Waals surface area contributed by atoms with Crippen molar-refractivity contribution in [1.29, 1.82) is 5.26 Å². The molecule has 0 amide bonds. The highest BCUT2D eigenvalue weighted by molar-refractivity contribution is 7.87. The summed E-state index contributed by atoms with van der Waals surface area (Å²) in [5.41, 5.74) is 5.00. The summed E-state index contributed by atoms with van der Waals surface area (Å²) in [7, 11) is -3.99. The predicted molar refractivity (Wildman–Crippen MR) is 167 cm³/mol. The number of aromatic nitrogens is 1. The zero-order chi connectivity index (χ0) is 29.6. The van der Waals surface area contributed by atoms with Crippen molar-refractivity contribution in [1.82, 2.24) is 8.28 Å². The van der Waals surface area contributed by atoms with Gasteiger partial charge in [-0.1, -0.05) is 62.4 Å². The van der Waals surface area contributed by atoms with Crippen molar-refractivity contribution in [3.05, 3.63) is 94.7 Å². The van der Waals surface area contributed by atoms with Gasteiger partial charge in [0.2, 0.25) is 0 Å². The van der Waals surface area contributed by atoms with E-state index in [2.05, 4.69) is 19.9 Å². The summed E-state index contributed by atoms with van der Waals surface area (Å²) in [6.45, 7) is 5.18. The van der Waals surface area contributed by atoms with Gasteiger partial charge in [-0.3, -0.25) is 0 Å². The molecule has 5 aromatic rings. The lowest BCUT2D eigenvalue weighted by Gasteiger charge is -2.36. The van der Waals surface area contributed by atoms with E-state index in [1.54, 1.807) is 28.6 Å². The summed E-state index contributed by atoms with van der Waals surface area (Å²) >= 11 is 1.33. The number of fused-ring (bicyclic) bond motifs is 1. The van der Waals surface area contributed by atoms with Crippen LogP contribution in [0.25, 0.3) is 44.4 Å². The molecule has 7 nitrogen and oxygen atoms in total. The van der Waals surface area contributed by atoms with Gasteiger partial charge in [0.25, 0.3) is 0 Å². The maximum absolute atomic E-state index is 14.6. The van der Waals surface area contributed by atoms with E-state index >= 15 is 0 Å². The Morgan fingerprint density at radius 2 is 1.62 bits per heavy atom. The molecule has 0 unspecified atom stereocenters. The molecule has 1 aliphatic heterocycles.